The number of hydrogen-bond donors (Lipinski definition) is 4. The monoisotopic (exact) mass is 605 g/mol. The Kier molecular flexibility index (Phi) is 11.6. The molecule has 0 fully saturated rings. The van der Waals surface area contributed by atoms with E-state index in [0.717, 1.165) is 5.69 Å². The second kappa shape index (κ2) is 13.7. The van der Waals surface area contributed by atoms with Gasteiger partial charge in [-0.15, -0.1) is 13.2 Å². The van der Waals surface area contributed by atoms with E-state index in [1.165, 1.54) is 18.2 Å². The summed E-state index contributed by atoms with van der Waals surface area (Å²) < 4.78 is 105. The largest absolute Gasteiger partial charge is 0.573 e. The van der Waals surface area contributed by atoms with E-state index in [1.807, 2.05) is 18.0 Å². The number of ether oxygens (including phenoxy) is 1. The van der Waals surface area contributed by atoms with E-state index in [0.29, 0.717) is 23.9 Å². The van der Waals surface area contributed by atoms with Crippen molar-refractivity contribution in [2.24, 2.45) is 5.73 Å². The van der Waals surface area contributed by atoms with Gasteiger partial charge in [-0.3, -0.25) is 4.79 Å². The minimum Gasteiger partial charge on any atom is -0.475 e. The summed E-state index contributed by atoms with van der Waals surface area (Å²) in [6, 6.07) is 12.6. The number of nitrogens with one attached hydrogen (secondary N) is 1. The van der Waals surface area contributed by atoms with Gasteiger partial charge in [-0.2, -0.15) is 26.3 Å². The number of H-pyrrole nitrogens is 1. The first-order valence-electron chi connectivity index (χ1n) is 10.7. The lowest BCUT2D eigenvalue weighted by molar-refractivity contribution is -0.274. The molecule has 0 bridgehead atoms. The third-order valence-electron chi connectivity index (χ3n) is 4.62. The lowest BCUT2D eigenvalue weighted by Gasteiger charge is -2.18. The van der Waals surface area contributed by atoms with Crippen LogP contribution in [0.25, 0.3) is 22.0 Å². The Balaban J connectivity index is 0.000000497. The SMILES string of the molecule is CN(CCN)c1ccc2cc(-c3ccccc3OC(F)(F)F)[nH]c(=O)c2c1.O=C(O)C(F)(F)F.O=C(O)C(F)(F)F. The number of carboxylic acid groups (broad SMARTS) is 2. The van der Waals surface area contributed by atoms with Crippen molar-refractivity contribution in [3.8, 4) is 17.0 Å². The standard InChI is InChI=1S/C19H18F3N3O2.2C2HF3O2/c1-25(9-8-23)13-7-6-12-10-16(24-18(26)15(12)11-13)14-4-2-3-5-17(14)27-19(20,21)22;2*3-2(4,5)1(6)7/h2-7,10-11H,8-9,23H2,1H3,(H,24,26);2*(H,6,7). The number of alkyl halides is 9. The number of carbonyl (C=O) groups is 2. The van der Waals surface area contributed by atoms with Crippen molar-refractivity contribution >= 4 is 28.4 Å². The van der Waals surface area contributed by atoms with E-state index in [-0.39, 0.29) is 17.0 Å². The van der Waals surface area contributed by atoms with Crippen LogP contribution in [0.1, 0.15) is 0 Å². The molecule has 3 aromatic rings. The van der Waals surface area contributed by atoms with Crippen molar-refractivity contribution in [2.45, 2.75) is 18.7 Å². The number of carboxylic acids is 2. The quantitative estimate of drug-likeness (QED) is 0.305. The summed E-state index contributed by atoms with van der Waals surface area (Å²) in [6.07, 6.45) is -15.0. The van der Waals surface area contributed by atoms with Gasteiger partial charge < -0.3 is 30.6 Å². The number of benzene rings is 2. The lowest BCUT2D eigenvalue weighted by Crippen LogP contribution is -2.25. The van der Waals surface area contributed by atoms with Gasteiger partial charge in [0.1, 0.15) is 5.75 Å². The molecule has 0 atom stereocenters. The van der Waals surface area contributed by atoms with Gasteiger partial charge in [0.05, 0.1) is 5.69 Å². The number of aliphatic carboxylic acids is 2. The Labute approximate surface area is 223 Å². The zero-order valence-electron chi connectivity index (χ0n) is 20.5. The maximum absolute atomic E-state index is 12.6. The van der Waals surface area contributed by atoms with Crippen LogP contribution < -0.4 is 20.9 Å². The molecule has 0 amide bonds. The molecular formula is C23H20F9N3O6. The normalized spacial score (nSPS) is 11.5. The molecule has 41 heavy (non-hydrogen) atoms. The molecule has 3 rings (SSSR count). The molecule has 0 radical (unpaired) electrons. The summed E-state index contributed by atoms with van der Waals surface area (Å²) in [5, 5.41) is 15.3. The molecule has 9 nitrogen and oxygen atoms in total. The maximum atomic E-state index is 12.6. The summed E-state index contributed by atoms with van der Waals surface area (Å²) in [7, 11) is 1.86. The first kappa shape index (κ1) is 34.5. The number of nitrogens with two attached hydrogens (primary N) is 1. The second-order valence-corrected chi connectivity index (χ2v) is 7.64. The maximum Gasteiger partial charge on any atom is 0.573 e. The fourth-order valence-electron chi connectivity index (χ4n) is 2.86. The number of nitrogens with zero attached hydrogens (tertiary/aromatic N) is 1. The van der Waals surface area contributed by atoms with E-state index in [1.54, 1.807) is 24.3 Å². The summed E-state index contributed by atoms with van der Waals surface area (Å²) in [6.45, 7) is 1.10. The zero-order valence-corrected chi connectivity index (χ0v) is 20.5. The van der Waals surface area contributed by atoms with E-state index in [9.17, 15) is 44.3 Å². The highest BCUT2D eigenvalue weighted by molar-refractivity contribution is 5.88. The lowest BCUT2D eigenvalue weighted by atomic mass is 10.1. The molecule has 2 aromatic carbocycles. The average Bonchev–Trinajstić information content (AvgIpc) is 2.83. The Morgan fingerprint density at radius 2 is 1.41 bits per heavy atom. The Morgan fingerprint density at radius 1 is 0.902 bits per heavy atom. The van der Waals surface area contributed by atoms with Crippen molar-refractivity contribution in [1.29, 1.82) is 0 Å². The molecule has 226 valence electrons. The van der Waals surface area contributed by atoms with Crippen LogP contribution in [-0.2, 0) is 9.59 Å². The third-order valence-corrected chi connectivity index (χ3v) is 4.62. The number of rotatable bonds is 5. The van der Waals surface area contributed by atoms with Crippen molar-refractivity contribution in [1.82, 2.24) is 4.98 Å². The molecule has 0 aliphatic carbocycles. The van der Waals surface area contributed by atoms with E-state index in [2.05, 4.69) is 9.72 Å². The van der Waals surface area contributed by atoms with Crippen molar-refractivity contribution in [2.75, 3.05) is 25.0 Å². The highest BCUT2D eigenvalue weighted by Gasteiger charge is 2.39. The molecule has 18 heteroatoms. The van der Waals surface area contributed by atoms with Gasteiger partial charge in [0.2, 0.25) is 0 Å². The number of likely N-dealkylation sites (N-methyl/N-ethyl adjacent to an activating group) is 1. The molecule has 0 aliphatic heterocycles. The minimum absolute atomic E-state index is 0.151. The van der Waals surface area contributed by atoms with Crippen LogP contribution in [0.3, 0.4) is 0 Å². The van der Waals surface area contributed by atoms with Crippen molar-refractivity contribution < 1.29 is 64.1 Å². The van der Waals surface area contributed by atoms with Gasteiger partial charge >= 0.3 is 30.7 Å². The van der Waals surface area contributed by atoms with Crippen LogP contribution in [-0.4, -0.2) is 66.0 Å². The van der Waals surface area contributed by atoms with E-state index in [4.69, 9.17) is 25.5 Å². The van der Waals surface area contributed by atoms with Gasteiger partial charge in [-0.05, 0) is 35.7 Å². The second-order valence-electron chi connectivity index (χ2n) is 7.64. The summed E-state index contributed by atoms with van der Waals surface area (Å²) >= 11 is 0. The fourth-order valence-corrected chi connectivity index (χ4v) is 2.86. The number of pyridine rings is 1. The fraction of sp³-hybridized carbons (Fsp3) is 0.261. The number of aromatic nitrogens is 1. The topological polar surface area (TPSA) is 146 Å². The Bertz CT molecular complexity index is 1380. The van der Waals surface area contributed by atoms with E-state index >= 15 is 0 Å². The third kappa shape index (κ3) is 11.3. The number of fused-ring (bicyclic) bond motifs is 1. The number of hydrogen-bond acceptors (Lipinski definition) is 6. The van der Waals surface area contributed by atoms with Gasteiger partial charge in [-0.1, -0.05) is 18.2 Å². The summed E-state index contributed by atoms with van der Waals surface area (Å²) in [4.78, 5) is 34.9. The van der Waals surface area contributed by atoms with Gasteiger partial charge in [0.15, 0.2) is 0 Å². The summed E-state index contributed by atoms with van der Waals surface area (Å²) in [5.74, 6) is -5.89. The molecule has 0 aliphatic rings. The number of aromatic amines is 1. The van der Waals surface area contributed by atoms with Crippen LogP contribution in [0.5, 0.6) is 5.75 Å². The predicted molar refractivity (Wildman–Crippen MR) is 126 cm³/mol. The Hall–Kier alpha value is -4.48. The van der Waals surface area contributed by atoms with E-state index < -0.39 is 36.2 Å². The number of halogens is 9. The molecule has 0 saturated heterocycles. The molecule has 0 saturated carbocycles. The molecule has 0 spiro atoms. The van der Waals surface area contributed by atoms with Crippen molar-refractivity contribution in [3.63, 3.8) is 0 Å². The summed E-state index contributed by atoms with van der Waals surface area (Å²) in [5.41, 5.74) is 6.38. The average molecular weight is 605 g/mol. The van der Waals surface area contributed by atoms with Gasteiger partial charge in [0, 0.05) is 36.8 Å². The number of para-hydroxylation sites is 1. The van der Waals surface area contributed by atoms with Gasteiger partial charge in [0.25, 0.3) is 5.56 Å². The smallest absolute Gasteiger partial charge is 0.475 e. The molecule has 0 unspecified atom stereocenters. The van der Waals surface area contributed by atoms with Crippen molar-refractivity contribution in [3.05, 3.63) is 58.9 Å². The zero-order chi connectivity index (χ0) is 31.8. The van der Waals surface area contributed by atoms with Crippen LogP contribution >= 0.6 is 0 Å². The highest BCUT2D eigenvalue weighted by atomic mass is 19.4. The number of anilines is 1. The molecule has 1 aromatic heterocycles. The van der Waals surface area contributed by atoms with Gasteiger partial charge in [-0.25, -0.2) is 9.59 Å². The molecular weight excluding hydrogens is 585 g/mol. The minimum atomic E-state index is -5.08. The van der Waals surface area contributed by atoms with Crippen LogP contribution in [0.2, 0.25) is 0 Å². The molecule has 1 heterocycles. The predicted octanol–water partition coefficient (Wildman–Crippen LogP) is 4.76. The molecule has 5 N–H and O–H groups in total. The van der Waals surface area contributed by atoms with Crippen LogP contribution in [0.4, 0.5) is 45.2 Å². The highest BCUT2D eigenvalue weighted by Crippen LogP contribution is 2.33. The first-order valence-corrected chi connectivity index (χ1v) is 10.7. The Morgan fingerprint density at radius 3 is 1.88 bits per heavy atom. The van der Waals surface area contributed by atoms with Crippen LogP contribution in [0, 0.1) is 0 Å². The van der Waals surface area contributed by atoms with Crippen LogP contribution in [0.15, 0.2) is 53.3 Å². The first-order chi connectivity index (χ1) is 18.7.